The van der Waals surface area contributed by atoms with Crippen molar-refractivity contribution >= 4 is 10.8 Å². The van der Waals surface area contributed by atoms with Gasteiger partial charge < -0.3 is 0 Å². The zero-order valence-corrected chi connectivity index (χ0v) is 14.2. The Bertz CT molecular complexity index is 1140. The van der Waals surface area contributed by atoms with Gasteiger partial charge in [0.15, 0.2) is 11.6 Å². The molecule has 126 valence electrons. The Morgan fingerprint density at radius 2 is 1.80 bits per heavy atom. The van der Waals surface area contributed by atoms with Gasteiger partial charge in [-0.05, 0) is 19.9 Å². The normalized spacial score (nSPS) is 11.3. The van der Waals surface area contributed by atoms with Crippen molar-refractivity contribution in [2.24, 2.45) is 7.05 Å². The minimum Gasteiger partial charge on any atom is -0.267 e. The molecule has 3 heterocycles. The predicted molar refractivity (Wildman–Crippen MR) is 92.7 cm³/mol. The highest BCUT2D eigenvalue weighted by molar-refractivity contribution is 5.83. The minimum atomic E-state index is -0.140. The van der Waals surface area contributed by atoms with E-state index in [1.54, 1.807) is 15.6 Å². The van der Waals surface area contributed by atoms with Crippen LogP contribution in [0.2, 0.25) is 0 Å². The minimum absolute atomic E-state index is 0.140. The molecule has 0 saturated heterocycles. The van der Waals surface area contributed by atoms with E-state index in [1.165, 1.54) is 4.68 Å². The second-order valence-electron chi connectivity index (χ2n) is 5.89. The van der Waals surface area contributed by atoms with Crippen LogP contribution in [0.15, 0.2) is 41.3 Å². The third-order valence-electron chi connectivity index (χ3n) is 4.14. The van der Waals surface area contributed by atoms with Gasteiger partial charge in [0.2, 0.25) is 0 Å². The molecule has 8 heteroatoms. The maximum absolute atomic E-state index is 12.8. The van der Waals surface area contributed by atoms with Crippen LogP contribution in [0.1, 0.15) is 17.3 Å². The standard InChI is InChI=1S/C17H17N7O/c1-11-13-6-4-5-7-14(13)17(25)23(20-11)10-15-19-12(2)21-24(15)16-8-9-18-22(16)3/h4-9H,10H2,1-3H3. The van der Waals surface area contributed by atoms with Crippen molar-refractivity contribution < 1.29 is 0 Å². The Labute approximate surface area is 143 Å². The van der Waals surface area contributed by atoms with E-state index in [4.69, 9.17) is 0 Å². The number of hydrogen-bond donors (Lipinski definition) is 0. The smallest absolute Gasteiger partial charge is 0.267 e. The second-order valence-corrected chi connectivity index (χ2v) is 5.89. The molecule has 0 N–H and O–H groups in total. The van der Waals surface area contributed by atoms with E-state index in [2.05, 4.69) is 20.3 Å². The van der Waals surface area contributed by atoms with E-state index >= 15 is 0 Å². The molecule has 0 saturated carbocycles. The fraction of sp³-hybridized carbons (Fsp3) is 0.235. The average Bonchev–Trinajstić information content (AvgIpc) is 3.17. The van der Waals surface area contributed by atoms with Crippen LogP contribution in [0.4, 0.5) is 0 Å². The first-order valence-electron chi connectivity index (χ1n) is 7.92. The Morgan fingerprint density at radius 3 is 2.52 bits per heavy atom. The Balaban J connectivity index is 1.85. The van der Waals surface area contributed by atoms with Crippen molar-refractivity contribution in [3.8, 4) is 5.82 Å². The van der Waals surface area contributed by atoms with E-state index in [1.807, 2.05) is 51.2 Å². The van der Waals surface area contributed by atoms with Gasteiger partial charge in [0.25, 0.3) is 5.56 Å². The van der Waals surface area contributed by atoms with Crippen LogP contribution in [0, 0.1) is 13.8 Å². The maximum atomic E-state index is 12.8. The first-order chi connectivity index (χ1) is 12.0. The lowest BCUT2D eigenvalue weighted by atomic mass is 10.1. The third kappa shape index (κ3) is 2.51. The molecule has 0 unspecified atom stereocenters. The molecule has 3 aromatic heterocycles. The Hall–Kier alpha value is -3.29. The number of aromatic nitrogens is 7. The second kappa shape index (κ2) is 5.66. The summed E-state index contributed by atoms with van der Waals surface area (Å²) in [6.07, 6.45) is 1.70. The quantitative estimate of drug-likeness (QED) is 0.565. The average molecular weight is 335 g/mol. The van der Waals surface area contributed by atoms with Crippen molar-refractivity contribution in [1.29, 1.82) is 0 Å². The number of rotatable bonds is 3. The van der Waals surface area contributed by atoms with Gasteiger partial charge in [-0.3, -0.25) is 9.48 Å². The highest BCUT2D eigenvalue weighted by atomic mass is 16.1. The molecule has 0 aliphatic carbocycles. The number of aryl methyl sites for hydroxylation is 3. The lowest BCUT2D eigenvalue weighted by Gasteiger charge is -2.09. The molecule has 0 spiro atoms. The summed E-state index contributed by atoms with van der Waals surface area (Å²) in [6.45, 7) is 3.95. The van der Waals surface area contributed by atoms with Crippen LogP contribution >= 0.6 is 0 Å². The topological polar surface area (TPSA) is 83.4 Å². The Morgan fingerprint density at radius 1 is 1.04 bits per heavy atom. The summed E-state index contributed by atoms with van der Waals surface area (Å²) in [4.78, 5) is 17.2. The molecule has 0 radical (unpaired) electrons. The number of nitrogens with zero attached hydrogens (tertiary/aromatic N) is 7. The van der Waals surface area contributed by atoms with Gasteiger partial charge in [0.05, 0.1) is 17.3 Å². The summed E-state index contributed by atoms with van der Waals surface area (Å²) in [5, 5.41) is 14.6. The lowest BCUT2D eigenvalue weighted by Crippen LogP contribution is -2.26. The van der Waals surface area contributed by atoms with Crippen LogP contribution in [-0.4, -0.2) is 34.3 Å². The first-order valence-corrected chi connectivity index (χ1v) is 7.92. The van der Waals surface area contributed by atoms with E-state index in [0.29, 0.717) is 17.0 Å². The highest BCUT2D eigenvalue weighted by Gasteiger charge is 2.15. The molecule has 4 aromatic rings. The summed E-state index contributed by atoms with van der Waals surface area (Å²) in [7, 11) is 1.83. The van der Waals surface area contributed by atoms with Gasteiger partial charge in [-0.2, -0.15) is 14.9 Å². The van der Waals surface area contributed by atoms with Gasteiger partial charge in [0, 0.05) is 18.5 Å². The summed E-state index contributed by atoms with van der Waals surface area (Å²) >= 11 is 0. The molecular weight excluding hydrogens is 318 g/mol. The monoisotopic (exact) mass is 335 g/mol. The number of benzene rings is 1. The largest absolute Gasteiger partial charge is 0.275 e. The molecule has 0 fully saturated rings. The number of fused-ring (bicyclic) bond motifs is 1. The molecule has 0 aliphatic rings. The lowest BCUT2D eigenvalue weighted by molar-refractivity contribution is 0.586. The molecule has 25 heavy (non-hydrogen) atoms. The molecule has 0 amide bonds. The molecule has 1 aromatic carbocycles. The maximum Gasteiger partial charge on any atom is 0.275 e. The van der Waals surface area contributed by atoms with Crippen molar-refractivity contribution in [1.82, 2.24) is 34.3 Å². The molecule has 0 aliphatic heterocycles. The zero-order valence-electron chi connectivity index (χ0n) is 14.2. The van der Waals surface area contributed by atoms with Gasteiger partial charge in [-0.1, -0.05) is 18.2 Å². The van der Waals surface area contributed by atoms with Crippen molar-refractivity contribution in [2.75, 3.05) is 0 Å². The van der Waals surface area contributed by atoms with Gasteiger partial charge in [0.1, 0.15) is 12.4 Å². The molecule has 8 nitrogen and oxygen atoms in total. The summed E-state index contributed by atoms with van der Waals surface area (Å²) in [5.74, 6) is 2.04. The molecule has 0 bridgehead atoms. The van der Waals surface area contributed by atoms with Crippen LogP contribution in [0.25, 0.3) is 16.6 Å². The van der Waals surface area contributed by atoms with E-state index in [0.717, 1.165) is 16.9 Å². The first kappa shape index (κ1) is 15.3. The molecular formula is C17H17N7O. The van der Waals surface area contributed by atoms with E-state index < -0.39 is 0 Å². The van der Waals surface area contributed by atoms with Gasteiger partial charge >= 0.3 is 0 Å². The number of hydrogen-bond acceptors (Lipinski definition) is 5. The fourth-order valence-electron chi connectivity index (χ4n) is 2.97. The summed E-state index contributed by atoms with van der Waals surface area (Å²) in [5.41, 5.74) is 0.664. The van der Waals surface area contributed by atoms with Crippen LogP contribution in [0.5, 0.6) is 0 Å². The highest BCUT2D eigenvalue weighted by Crippen LogP contribution is 2.13. The summed E-state index contributed by atoms with van der Waals surface area (Å²) in [6, 6.07) is 9.34. The molecule has 4 rings (SSSR count). The zero-order chi connectivity index (χ0) is 17.6. The van der Waals surface area contributed by atoms with Gasteiger partial charge in [-0.25, -0.2) is 9.67 Å². The Kier molecular flexibility index (Phi) is 3.45. The van der Waals surface area contributed by atoms with Crippen molar-refractivity contribution in [3.05, 3.63) is 64.2 Å². The van der Waals surface area contributed by atoms with E-state index in [9.17, 15) is 4.79 Å². The van der Waals surface area contributed by atoms with Crippen molar-refractivity contribution in [2.45, 2.75) is 20.4 Å². The molecule has 0 atom stereocenters. The van der Waals surface area contributed by atoms with E-state index in [-0.39, 0.29) is 12.1 Å². The SMILES string of the molecule is Cc1nc(Cn2nc(C)c3ccccc3c2=O)n(-c2ccnn2C)n1. The van der Waals surface area contributed by atoms with Gasteiger partial charge in [-0.15, -0.1) is 5.10 Å². The predicted octanol–water partition coefficient (Wildman–Crippen LogP) is 1.38. The van der Waals surface area contributed by atoms with Crippen LogP contribution in [-0.2, 0) is 13.6 Å². The van der Waals surface area contributed by atoms with Crippen molar-refractivity contribution in [3.63, 3.8) is 0 Å². The summed E-state index contributed by atoms with van der Waals surface area (Å²) < 4.78 is 4.84. The third-order valence-corrected chi connectivity index (χ3v) is 4.14. The van der Waals surface area contributed by atoms with Crippen LogP contribution < -0.4 is 5.56 Å². The fourth-order valence-corrected chi connectivity index (χ4v) is 2.97. The van der Waals surface area contributed by atoms with Crippen LogP contribution in [0.3, 0.4) is 0 Å².